The van der Waals surface area contributed by atoms with Gasteiger partial charge in [-0.2, -0.15) is 0 Å². The lowest BCUT2D eigenvalue weighted by atomic mass is 9.51. The van der Waals surface area contributed by atoms with E-state index in [-0.39, 0.29) is 22.4 Å². The molecule has 0 radical (unpaired) electrons. The van der Waals surface area contributed by atoms with Crippen LogP contribution in [0.15, 0.2) is 48.5 Å². The molecule has 0 spiro atoms. The number of likely N-dealkylation sites (N-methyl/N-ethyl adjacent to an activating group) is 1. The summed E-state index contributed by atoms with van der Waals surface area (Å²) in [5, 5.41) is 13.2. The number of hydrogen-bond acceptors (Lipinski definition) is 8. The number of ketones is 1. The molecule has 3 aliphatic rings. The van der Waals surface area contributed by atoms with E-state index >= 15 is 0 Å². The van der Waals surface area contributed by atoms with E-state index in [2.05, 4.69) is 10.3 Å². The van der Waals surface area contributed by atoms with Gasteiger partial charge in [-0.15, -0.1) is 0 Å². The van der Waals surface area contributed by atoms with Gasteiger partial charge < -0.3 is 24.1 Å². The number of benzene rings is 1. The van der Waals surface area contributed by atoms with E-state index in [1.54, 1.807) is 18.2 Å². The monoisotopic (exact) mass is 549 g/mol. The van der Waals surface area contributed by atoms with Crippen molar-refractivity contribution in [2.75, 3.05) is 7.05 Å². The third-order valence-corrected chi connectivity index (χ3v) is 8.95. The Labute approximate surface area is 233 Å². The molecular formula is C29H36BN3O7. The smallest absolute Gasteiger partial charge is 0.587 e. The van der Waals surface area contributed by atoms with Gasteiger partial charge in [-0.1, -0.05) is 56.7 Å². The number of rotatable bonds is 10. The van der Waals surface area contributed by atoms with E-state index in [4.69, 9.17) is 9.31 Å². The molecule has 4 heterocycles. The summed E-state index contributed by atoms with van der Waals surface area (Å²) in [6, 6.07) is 12.2. The molecule has 40 heavy (non-hydrogen) atoms. The minimum absolute atomic E-state index is 0.0459. The maximum absolute atomic E-state index is 13.7. The van der Waals surface area contributed by atoms with Crippen molar-refractivity contribution in [2.45, 2.75) is 76.5 Å². The molecule has 3 fully saturated rings. The van der Waals surface area contributed by atoms with Crippen molar-refractivity contribution in [3.05, 3.63) is 54.2 Å². The number of carbonyl (C=O) groups is 4. The molecule has 0 saturated carbocycles. The second-order valence-corrected chi connectivity index (χ2v) is 12.0. The van der Waals surface area contributed by atoms with Gasteiger partial charge in [-0.05, 0) is 37.2 Å². The van der Waals surface area contributed by atoms with E-state index in [1.807, 2.05) is 51.2 Å². The third kappa shape index (κ3) is 4.51. The summed E-state index contributed by atoms with van der Waals surface area (Å²) >= 11 is 0. The van der Waals surface area contributed by atoms with Gasteiger partial charge in [0.1, 0.15) is 23.8 Å². The summed E-state index contributed by atoms with van der Waals surface area (Å²) in [4.78, 5) is 57.2. The topological polar surface area (TPSA) is 132 Å². The van der Waals surface area contributed by atoms with Gasteiger partial charge in [0, 0.05) is 25.5 Å². The molecule has 2 unspecified atom stereocenters. The van der Waals surface area contributed by atoms with Gasteiger partial charge in [0.25, 0.3) is 5.91 Å². The molecule has 2 N–H and O–H groups in total. The fraction of sp³-hybridized carbons (Fsp3) is 0.483. The summed E-state index contributed by atoms with van der Waals surface area (Å²) in [5.41, 5.74) is 1.55. The van der Waals surface area contributed by atoms with E-state index in [0.29, 0.717) is 25.0 Å². The van der Waals surface area contributed by atoms with Crippen LogP contribution in [0.25, 0.3) is 11.3 Å². The average Bonchev–Trinajstić information content (AvgIpc) is 3.47. The summed E-state index contributed by atoms with van der Waals surface area (Å²) in [6.45, 7) is 2.90. The Morgan fingerprint density at radius 3 is 2.23 bits per heavy atom. The Morgan fingerprint density at radius 2 is 1.65 bits per heavy atom. The third-order valence-electron chi connectivity index (χ3n) is 8.95. The van der Waals surface area contributed by atoms with Gasteiger partial charge in [-0.25, -0.2) is 14.6 Å². The maximum atomic E-state index is 13.7. The first-order valence-corrected chi connectivity index (χ1v) is 14.0. The van der Waals surface area contributed by atoms with Crippen molar-refractivity contribution < 1.29 is 38.0 Å². The van der Waals surface area contributed by atoms with Crippen LogP contribution in [-0.2, 0) is 23.7 Å². The largest absolute Gasteiger partial charge is 0.600 e. The number of amides is 1. The molecular weight excluding hydrogens is 513 g/mol. The summed E-state index contributed by atoms with van der Waals surface area (Å²) < 4.78 is 11.9. The quantitative estimate of drug-likeness (QED) is 0.433. The van der Waals surface area contributed by atoms with Crippen molar-refractivity contribution >= 4 is 30.3 Å². The van der Waals surface area contributed by atoms with Gasteiger partial charge in [-0.3, -0.25) is 9.59 Å². The van der Waals surface area contributed by atoms with Crippen LogP contribution in [0.2, 0.25) is 5.82 Å². The second kappa shape index (κ2) is 10.4. The Balaban J connectivity index is 1.39. The number of nitrogens with one attached hydrogen (secondary N) is 1. The zero-order chi connectivity index (χ0) is 28.8. The Hall–Kier alpha value is -3.57. The first kappa shape index (κ1) is 28.0. The van der Waals surface area contributed by atoms with E-state index < -0.39 is 60.4 Å². The minimum atomic E-state index is -2.50. The second-order valence-electron chi connectivity index (χ2n) is 12.0. The van der Waals surface area contributed by atoms with Crippen LogP contribution in [0.5, 0.6) is 0 Å². The summed E-state index contributed by atoms with van der Waals surface area (Å²) in [6.07, 6.45) is 0.179. The number of aliphatic hydroxyl groups excluding tert-OH is 1. The number of aromatic nitrogens is 1. The molecule has 0 bridgehead atoms. The van der Waals surface area contributed by atoms with Crippen molar-refractivity contribution in [1.29, 1.82) is 0 Å². The van der Waals surface area contributed by atoms with Gasteiger partial charge in [0.05, 0.1) is 11.8 Å². The number of carbonyl (C=O) groups excluding carboxylic acids is 4. The number of aliphatic hydroxyl groups is 1. The molecule has 0 aliphatic carbocycles. The lowest BCUT2D eigenvalue weighted by Crippen LogP contribution is -2.66. The summed E-state index contributed by atoms with van der Waals surface area (Å²) in [5.74, 6) is -2.33. The van der Waals surface area contributed by atoms with Crippen LogP contribution < -0.4 is 5.32 Å². The zero-order valence-electron chi connectivity index (χ0n) is 23.3. The number of pyridine rings is 1. The Morgan fingerprint density at radius 1 is 1.02 bits per heavy atom. The Bertz CT molecular complexity index is 1310. The molecule has 3 saturated heterocycles. The SMILES string of the molecule is CC(C)C[C@H](CC(=O)[C@@H](NC(=O)c1cccc(-c2ccccc2)n1)[C@@H](C)O)[B-]12OC(=O)[C@H]3CC[C@@H](C(=O)O1)[N+]32C. The standard InChI is InChI=1S/C29H36BN3O7/c1-17(2)15-20(30-33(4)23(28(37)39-30)13-14-24(33)29(38)40-30)16-25(35)26(18(3)34)32-27(36)22-12-8-11-21(31-22)19-9-6-5-7-10-19/h5-12,17-18,20,23-24,26,34H,13-16H2,1-4H3,(H,32,36)/t18-,20-,23-,24+,26+,30?,33?/m1/s1. The molecule has 1 aromatic heterocycles. The highest BCUT2D eigenvalue weighted by Gasteiger charge is 2.78. The van der Waals surface area contributed by atoms with Crippen molar-refractivity contribution in [1.82, 2.24) is 10.3 Å². The van der Waals surface area contributed by atoms with E-state index in [1.165, 1.54) is 6.92 Å². The molecule has 1 amide bonds. The van der Waals surface area contributed by atoms with Crippen LogP contribution >= 0.6 is 0 Å². The van der Waals surface area contributed by atoms with Crippen LogP contribution in [0, 0.1) is 5.92 Å². The number of hydrogen-bond donors (Lipinski definition) is 2. The fourth-order valence-electron chi connectivity index (χ4n) is 7.08. The first-order chi connectivity index (χ1) is 19.0. The fourth-order valence-corrected chi connectivity index (χ4v) is 7.08. The number of quaternary nitrogens is 1. The highest BCUT2D eigenvalue weighted by Crippen LogP contribution is 2.55. The van der Waals surface area contributed by atoms with Crippen LogP contribution in [0.4, 0.5) is 0 Å². The maximum Gasteiger partial charge on any atom is 0.587 e. The van der Waals surface area contributed by atoms with Gasteiger partial charge >= 0.3 is 18.6 Å². The van der Waals surface area contributed by atoms with Gasteiger partial charge in [0.15, 0.2) is 5.78 Å². The van der Waals surface area contributed by atoms with E-state index in [0.717, 1.165) is 5.56 Å². The Kier molecular flexibility index (Phi) is 7.30. The summed E-state index contributed by atoms with van der Waals surface area (Å²) in [7, 11) is 1.83. The van der Waals surface area contributed by atoms with E-state index in [9.17, 15) is 24.3 Å². The zero-order valence-corrected chi connectivity index (χ0v) is 23.3. The van der Waals surface area contributed by atoms with Gasteiger partial charge in [0.2, 0.25) is 0 Å². The highest BCUT2D eigenvalue weighted by atomic mass is 16.7. The predicted molar refractivity (Wildman–Crippen MR) is 146 cm³/mol. The minimum Gasteiger partial charge on any atom is -0.600 e. The number of Topliss-reactive ketones (excluding diaryl/α,β-unsaturated/α-hetero) is 1. The van der Waals surface area contributed by atoms with Crippen molar-refractivity contribution in [3.8, 4) is 11.3 Å². The molecule has 5 rings (SSSR count). The van der Waals surface area contributed by atoms with Crippen LogP contribution in [0.1, 0.15) is 56.9 Å². The van der Waals surface area contributed by atoms with Crippen molar-refractivity contribution in [3.63, 3.8) is 0 Å². The number of nitrogens with zero attached hydrogens (tertiary/aromatic N) is 2. The molecule has 11 heteroatoms. The molecule has 3 aliphatic heterocycles. The predicted octanol–water partition coefficient (Wildman–Crippen LogP) is 2.63. The van der Waals surface area contributed by atoms with Crippen LogP contribution in [0.3, 0.4) is 0 Å². The van der Waals surface area contributed by atoms with Crippen LogP contribution in [-0.4, -0.2) is 76.1 Å². The lowest BCUT2D eigenvalue weighted by Gasteiger charge is -2.47. The first-order valence-electron chi connectivity index (χ1n) is 14.0. The lowest BCUT2D eigenvalue weighted by molar-refractivity contribution is -0.829. The highest BCUT2D eigenvalue weighted by molar-refractivity contribution is 6.68. The molecule has 7 atom stereocenters. The molecule has 10 nitrogen and oxygen atoms in total. The molecule has 1 aromatic carbocycles. The van der Waals surface area contributed by atoms with Crippen molar-refractivity contribution in [2.24, 2.45) is 5.92 Å². The normalized spacial score (nSPS) is 28.9. The molecule has 2 aromatic rings. The average molecular weight is 549 g/mol. The molecule has 212 valence electrons.